The summed E-state index contributed by atoms with van der Waals surface area (Å²) in [6.45, 7) is 4.08. The molecule has 0 spiro atoms. The zero-order valence-corrected chi connectivity index (χ0v) is 13.3. The molecule has 1 aromatic heterocycles. The van der Waals surface area contributed by atoms with Crippen LogP contribution in [0.5, 0.6) is 0 Å². The molecule has 23 heavy (non-hydrogen) atoms. The second-order valence-corrected chi connectivity index (χ2v) is 6.85. The monoisotopic (exact) mass is 314 g/mol. The Morgan fingerprint density at radius 3 is 2.35 bits per heavy atom. The van der Waals surface area contributed by atoms with E-state index in [0.29, 0.717) is 0 Å². The number of fused-ring (bicyclic) bond motifs is 2. The highest BCUT2D eigenvalue weighted by molar-refractivity contribution is 5.87. The van der Waals surface area contributed by atoms with Gasteiger partial charge in [-0.1, -0.05) is 26.0 Å². The fourth-order valence-corrected chi connectivity index (χ4v) is 3.97. The highest BCUT2D eigenvalue weighted by atomic mass is 16.4. The van der Waals surface area contributed by atoms with Crippen molar-refractivity contribution >= 4 is 11.9 Å². The Morgan fingerprint density at radius 1 is 1.17 bits per heavy atom. The fourth-order valence-electron chi connectivity index (χ4n) is 3.97. The third-order valence-electron chi connectivity index (χ3n) is 5.08. The number of aromatic nitrogens is 1. The maximum Gasteiger partial charge on any atom is 0.307 e. The highest BCUT2D eigenvalue weighted by Gasteiger charge is 2.51. The van der Waals surface area contributed by atoms with Gasteiger partial charge in [0.25, 0.3) is 0 Å². The molecule has 5 nitrogen and oxygen atoms in total. The average molecular weight is 314 g/mol. The van der Waals surface area contributed by atoms with E-state index >= 15 is 0 Å². The van der Waals surface area contributed by atoms with Gasteiger partial charge in [0.1, 0.15) is 0 Å². The third-order valence-corrected chi connectivity index (χ3v) is 5.08. The number of carbonyl (C=O) groups is 2. The molecule has 2 bridgehead atoms. The minimum atomic E-state index is -0.869. The van der Waals surface area contributed by atoms with E-state index in [1.165, 1.54) is 0 Å². The van der Waals surface area contributed by atoms with Crippen molar-refractivity contribution in [1.29, 1.82) is 0 Å². The number of carboxylic acids is 1. The van der Waals surface area contributed by atoms with E-state index in [9.17, 15) is 14.7 Å². The van der Waals surface area contributed by atoms with Gasteiger partial charge in [-0.2, -0.15) is 0 Å². The van der Waals surface area contributed by atoms with Crippen molar-refractivity contribution in [3.63, 3.8) is 0 Å². The van der Waals surface area contributed by atoms with E-state index in [2.05, 4.69) is 10.3 Å². The number of hydrogen-bond acceptors (Lipinski definition) is 3. The number of carboxylic acid groups (broad SMARTS) is 1. The van der Waals surface area contributed by atoms with Crippen LogP contribution in [0.15, 0.2) is 36.7 Å². The summed E-state index contributed by atoms with van der Waals surface area (Å²) in [5.74, 6) is -1.84. The Bertz CT molecular complexity index is 626. The third kappa shape index (κ3) is 2.87. The second kappa shape index (κ2) is 6.14. The molecule has 1 aromatic rings. The minimum absolute atomic E-state index is 0.00771. The number of pyridine rings is 1. The predicted molar refractivity (Wildman–Crippen MR) is 85.3 cm³/mol. The lowest BCUT2D eigenvalue weighted by atomic mass is 9.82. The first-order valence-electron chi connectivity index (χ1n) is 8.10. The largest absolute Gasteiger partial charge is 0.481 e. The van der Waals surface area contributed by atoms with Crippen LogP contribution in [0.1, 0.15) is 31.9 Å². The molecular formula is C18H22N2O3. The number of hydrogen-bond donors (Lipinski definition) is 2. The van der Waals surface area contributed by atoms with Gasteiger partial charge in [0.2, 0.25) is 5.91 Å². The highest BCUT2D eigenvalue weighted by Crippen LogP contribution is 2.48. The van der Waals surface area contributed by atoms with Crippen LogP contribution >= 0.6 is 0 Å². The first-order valence-corrected chi connectivity index (χ1v) is 8.10. The summed E-state index contributed by atoms with van der Waals surface area (Å²) in [5, 5.41) is 12.6. The van der Waals surface area contributed by atoms with E-state index in [-0.39, 0.29) is 29.7 Å². The van der Waals surface area contributed by atoms with Crippen molar-refractivity contribution in [2.24, 2.45) is 29.6 Å². The molecule has 0 aromatic carbocycles. The van der Waals surface area contributed by atoms with E-state index in [1.54, 1.807) is 12.4 Å². The van der Waals surface area contributed by atoms with Crippen LogP contribution in [-0.4, -0.2) is 22.0 Å². The van der Waals surface area contributed by atoms with E-state index in [4.69, 9.17) is 0 Å². The topological polar surface area (TPSA) is 79.3 Å². The van der Waals surface area contributed by atoms with Crippen LogP contribution in [0.2, 0.25) is 0 Å². The van der Waals surface area contributed by atoms with Crippen LogP contribution in [-0.2, 0) is 9.59 Å². The number of nitrogens with zero attached hydrogens (tertiary/aromatic N) is 1. The van der Waals surface area contributed by atoms with Crippen molar-refractivity contribution in [2.75, 3.05) is 0 Å². The molecule has 0 unspecified atom stereocenters. The Morgan fingerprint density at radius 2 is 1.78 bits per heavy atom. The Kier molecular flexibility index (Phi) is 4.20. The van der Waals surface area contributed by atoms with Gasteiger partial charge in [-0.25, -0.2) is 0 Å². The van der Waals surface area contributed by atoms with Gasteiger partial charge >= 0.3 is 5.97 Å². The molecule has 122 valence electrons. The van der Waals surface area contributed by atoms with Crippen molar-refractivity contribution in [1.82, 2.24) is 10.3 Å². The summed E-state index contributed by atoms with van der Waals surface area (Å²) < 4.78 is 0. The van der Waals surface area contributed by atoms with Crippen molar-refractivity contribution in [2.45, 2.75) is 26.3 Å². The van der Waals surface area contributed by atoms with Gasteiger partial charge in [0.15, 0.2) is 0 Å². The lowest BCUT2D eigenvalue weighted by Gasteiger charge is -2.28. The Balaban J connectivity index is 1.80. The summed E-state index contributed by atoms with van der Waals surface area (Å²) >= 11 is 0. The number of amides is 1. The molecule has 5 heteroatoms. The van der Waals surface area contributed by atoms with Crippen molar-refractivity contribution < 1.29 is 14.7 Å². The smallest absolute Gasteiger partial charge is 0.307 e. The summed E-state index contributed by atoms with van der Waals surface area (Å²) in [7, 11) is 0. The zero-order valence-electron chi connectivity index (χ0n) is 13.3. The fraction of sp³-hybridized carbons (Fsp3) is 0.500. The second-order valence-electron chi connectivity index (χ2n) is 6.85. The Hall–Kier alpha value is -2.17. The number of allylic oxidation sites excluding steroid dienone is 2. The molecule has 0 saturated heterocycles. The Labute approximate surface area is 135 Å². The first-order chi connectivity index (χ1) is 11.0. The molecule has 2 aliphatic carbocycles. The summed E-state index contributed by atoms with van der Waals surface area (Å²) in [6.07, 6.45) is 8.15. The molecule has 2 N–H and O–H groups in total. The van der Waals surface area contributed by atoms with Crippen LogP contribution < -0.4 is 5.32 Å². The minimum Gasteiger partial charge on any atom is -0.481 e. The van der Waals surface area contributed by atoms with Crippen molar-refractivity contribution in [3.05, 3.63) is 42.2 Å². The molecule has 0 radical (unpaired) electrons. The van der Waals surface area contributed by atoms with Crippen LogP contribution in [0.3, 0.4) is 0 Å². The van der Waals surface area contributed by atoms with E-state index in [1.807, 2.05) is 38.1 Å². The molecule has 1 amide bonds. The zero-order chi connectivity index (χ0) is 16.6. The molecule has 2 aliphatic rings. The van der Waals surface area contributed by atoms with Gasteiger partial charge in [0, 0.05) is 12.4 Å². The van der Waals surface area contributed by atoms with Gasteiger partial charge in [-0.15, -0.1) is 0 Å². The molecule has 3 rings (SSSR count). The molecule has 1 saturated carbocycles. The quantitative estimate of drug-likeness (QED) is 0.818. The number of carbonyl (C=O) groups excluding carboxylic acids is 1. The maximum absolute atomic E-state index is 12.8. The van der Waals surface area contributed by atoms with E-state index in [0.717, 1.165) is 12.0 Å². The van der Waals surface area contributed by atoms with Gasteiger partial charge in [-0.05, 0) is 41.9 Å². The molecule has 1 fully saturated rings. The van der Waals surface area contributed by atoms with Crippen LogP contribution in [0.4, 0.5) is 0 Å². The summed E-state index contributed by atoms with van der Waals surface area (Å²) in [4.78, 5) is 28.4. The SMILES string of the molecule is CC(C)[C@H](NC(=O)[C@@H]1[C@@H](C(=O)O)[C@H]2C=C[C@H]1C2)c1ccncc1. The summed E-state index contributed by atoms with van der Waals surface area (Å²) in [6, 6.07) is 3.64. The van der Waals surface area contributed by atoms with Crippen molar-refractivity contribution in [3.8, 4) is 0 Å². The average Bonchev–Trinajstić information content (AvgIpc) is 3.13. The predicted octanol–water partition coefficient (Wildman–Crippen LogP) is 2.42. The standard InChI is InChI=1S/C18H22N2O3/c1-10(2)16(11-5-7-19-8-6-11)20-17(21)14-12-3-4-13(9-12)15(14)18(22)23/h3-8,10,12-16H,9H2,1-2H3,(H,20,21)(H,22,23)/t12-,13-,14-,15-,16-/m0/s1. The first kappa shape index (κ1) is 15.7. The lowest BCUT2D eigenvalue weighted by molar-refractivity contribution is -0.148. The normalized spacial score (nSPS) is 29.7. The van der Waals surface area contributed by atoms with Crippen LogP contribution in [0, 0.1) is 29.6 Å². The summed E-state index contributed by atoms with van der Waals surface area (Å²) in [5.41, 5.74) is 0.994. The van der Waals surface area contributed by atoms with Gasteiger partial charge in [0.05, 0.1) is 17.9 Å². The number of nitrogens with one attached hydrogen (secondary N) is 1. The molecule has 5 atom stereocenters. The molecule has 0 aliphatic heterocycles. The molecule has 1 heterocycles. The molecular weight excluding hydrogens is 292 g/mol. The maximum atomic E-state index is 12.8. The number of aliphatic carboxylic acids is 1. The number of rotatable bonds is 5. The van der Waals surface area contributed by atoms with Crippen LogP contribution in [0.25, 0.3) is 0 Å². The van der Waals surface area contributed by atoms with E-state index < -0.39 is 17.8 Å². The lowest BCUT2D eigenvalue weighted by Crippen LogP contribution is -2.42. The van der Waals surface area contributed by atoms with Gasteiger partial charge in [-0.3, -0.25) is 14.6 Å². The van der Waals surface area contributed by atoms with Gasteiger partial charge < -0.3 is 10.4 Å².